The van der Waals surface area contributed by atoms with Crippen LogP contribution in [0.4, 0.5) is 5.82 Å². The maximum absolute atomic E-state index is 4.52. The lowest BCUT2D eigenvalue weighted by Crippen LogP contribution is -2.40. The maximum atomic E-state index is 4.52. The van der Waals surface area contributed by atoms with Gasteiger partial charge in [-0.2, -0.15) is 0 Å². The third kappa shape index (κ3) is 3.67. The van der Waals surface area contributed by atoms with Crippen LogP contribution < -0.4 is 5.32 Å². The van der Waals surface area contributed by atoms with Crippen molar-refractivity contribution < 1.29 is 0 Å². The topological polar surface area (TPSA) is 53.9 Å². The number of hydrogen-bond acceptors (Lipinski definition) is 5. The smallest absolute Gasteiger partial charge is 0.180 e. The first kappa shape index (κ1) is 14.2. The van der Waals surface area contributed by atoms with E-state index in [1.165, 1.54) is 25.9 Å². The number of aromatic nitrogens is 3. The third-order valence-corrected chi connectivity index (χ3v) is 4.00. The van der Waals surface area contributed by atoms with Crippen molar-refractivity contribution in [3.8, 4) is 0 Å². The average Bonchev–Trinajstić information content (AvgIpc) is 2.47. The van der Waals surface area contributed by atoms with E-state index in [1.54, 1.807) is 12.4 Å². The van der Waals surface area contributed by atoms with Crippen LogP contribution in [-0.4, -0.2) is 45.5 Å². The predicted molar refractivity (Wildman–Crippen MR) is 85.3 cm³/mol. The first-order valence-corrected chi connectivity index (χ1v) is 7.77. The van der Waals surface area contributed by atoms with Crippen LogP contribution >= 0.6 is 0 Å². The van der Waals surface area contributed by atoms with Gasteiger partial charge < -0.3 is 10.2 Å². The number of piperidine rings is 1. The minimum absolute atomic E-state index is 0.372. The lowest BCUT2D eigenvalue weighted by molar-refractivity contribution is 0.180. The van der Waals surface area contributed by atoms with Crippen molar-refractivity contribution in [2.45, 2.75) is 32.7 Å². The van der Waals surface area contributed by atoms with Gasteiger partial charge in [0.05, 0.1) is 0 Å². The molecule has 1 fully saturated rings. The average molecular weight is 285 g/mol. The Balaban J connectivity index is 1.61. The second kappa shape index (κ2) is 6.35. The fourth-order valence-electron chi connectivity index (χ4n) is 3.07. The molecule has 5 nitrogen and oxygen atoms in total. The largest absolute Gasteiger partial charge is 0.366 e. The summed E-state index contributed by atoms with van der Waals surface area (Å²) < 4.78 is 0. The van der Waals surface area contributed by atoms with Gasteiger partial charge in [-0.3, -0.25) is 4.98 Å². The highest BCUT2D eigenvalue weighted by Gasteiger charge is 2.18. The van der Waals surface area contributed by atoms with E-state index in [4.69, 9.17) is 0 Å². The predicted octanol–water partition coefficient (Wildman–Crippen LogP) is 2.56. The first-order chi connectivity index (χ1) is 10.2. The highest BCUT2D eigenvalue weighted by Crippen LogP contribution is 2.16. The number of pyridine rings is 1. The molecule has 0 radical (unpaired) electrons. The van der Waals surface area contributed by atoms with Crippen LogP contribution in [0.25, 0.3) is 11.2 Å². The molecule has 2 aromatic heterocycles. The number of fused-ring (bicyclic) bond motifs is 1. The van der Waals surface area contributed by atoms with Gasteiger partial charge in [-0.1, -0.05) is 6.92 Å². The summed E-state index contributed by atoms with van der Waals surface area (Å²) in [6.07, 6.45) is 6.05. The molecule has 112 valence electrons. The van der Waals surface area contributed by atoms with Crippen molar-refractivity contribution in [1.29, 1.82) is 0 Å². The lowest BCUT2D eigenvalue weighted by atomic mass is 10.00. The van der Waals surface area contributed by atoms with Crippen molar-refractivity contribution in [1.82, 2.24) is 19.9 Å². The highest BCUT2D eigenvalue weighted by atomic mass is 15.2. The molecule has 3 rings (SSSR count). The number of likely N-dealkylation sites (tertiary alicyclic amines) is 1. The second-order valence-corrected chi connectivity index (χ2v) is 6.15. The van der Waals surface area contributed by atoms with Crippen LogP contribution in [0.2, 0.25) is 0 Å². The summed E-state index contributed by atoms with van der Waals surface area (Å²) >= 11 is 0. The molecule has 2 aromatic rings. The molecule has 0 bridgehead atoms. The number of hydrogen-bond donors (Lipinski definition) is 1. The van der Waals surface area contributed by atoms with E-state index in [0.29, 0.717) is 11.7 Å². The van der Waals surface area contributed by atoms with Crippen molar-refractivity contribution >= 4 is 17.0 Å². The van der Waals surface area contributed by atoms with Crippen LogP contribution in [-0.2, 0) is 0 Å². The number of nitrogens with zero attached hydrogens (tertiary/aromatic N) is 4. The summed E-state index contributed by atoms with van der Waals surface area (Å²) in [5.74, 6) is 1.69. The molecule has 0 saturated carbocycles. The van der Waals surface area contributed by atoms with E-state index >= 15 is 0 Å². The van der Waals surface area contributed by atoms with E-state index in [0.717, 1.165) is 23.8 Å². The Labute approximate surface area is 125 Å². The minimum atomic E-state index is 0.372. The van der Waals surface area contributed by atoms with Crippen molar-refractivity contribution in [2.24, 2.45) is 5.92 Å². The van der Waals surface area contributed by atoms with E-state index in [2.05, 4.69) is 39.0 Å². The van der Waals surface area contributed by atoms with Crippen LogP contribution in [0, 0.1) is 5.92 Å². The minimum Gasteiger partial charge on any atom is -0.366 e. The molecule has 1 saturated heterocycles. The molecule has 1 N–H and O–H groups in total. The fraction of sp³-hybridized carbons (Fsp3) is 0.562. The molecule has 21 heavy (non-hydrogen) atoms. The van der Waals surface area contributed by atoms with Crippen LogP contribution in [0.3, 0.4) is 0 Å². The summed E-state index contributed by atoms with van der Waals surface area (Å²) in [5.41, 5.74) is 1.53. The quantitative estimate of drug-likeness (QED) is 0.935. The van der Waals surface area contributed by atoms with Crippen LogP contribution in [0.15, 0.2) is 24.5 Å². The number of anilines is 1. The van der Waals surface area contributed by atoms with Gasteiger partial charge in [0, 0.05) is 31.5 Å². The Bertz CT molecular complexity index is 600. The fourth-order valence-corrected chi connectivity index (χ4v) is 3.07. The van der Waals surface area contributed by atoms with Gasteiger partial charge in [0.2, 0.25) is 0 Å². The molecule has 5 heteroatoms. The molecule has 0 spiro atoms. The summed E-state index contributed by atoms with van der Waals surface area (Å²) in [4.78, 5) is 15.6. The zero-order valence-corrected chi connectivity index (χ0v) is 12.8. The summed E-state index contributed by atoms with van der Waals surface area (Å²) in [5, 5.41) is 3.48. The van der Waals surface area contributed by atoms with Gasteiger partial charge in [0.15, 0.2) is 5.65 Å². The van der Waals surface area contributed by atoms with Crippen LogP contribution in [0.1, 0.15) is 26.7 Å². The molecular weight excluding hydrogens is 262 g/mol. The normalized spacial score (nSPS) is 21.3. The van der Waals surface area contributed by atoms with Crippen molar-refractivity contribution in [2.75, 3.05) is 25.0 Å². The molecule has 0 aliphatic carbocycles. The molecule has 3 heterocycles. The Morgan fingerprint density at radius 1 is 1.33 bits per heavy atom. The summed E-state index contributed by atoms with van der Waals surface area (Å²) in [6.45, 7) is 8.04. The third-order valence-electron chi connectivity index (χ3n) is 4.00. The van der Waals surface area contributed by atoms with Crippen LogP contribution in [0.5, 0.6) is 0 Å². The van der Waals surface area contributed by atoms with Gasteiger partial charge >= 0.3 is 0 Å². The Morgan fingerprint density at radius 3 is 3.05 bits per heavy atom. The molecular formula is C16H23N5. The lowest BCUT2D eigenvalue weighted by Gasteiger charge is -2.33. The molecule has 2 atom stereocenters. The van der Waals surface area contributed by atoms with E-state index < -0.39 is 0 Å². The zero-order valence-electron chi connectivity index (χ0n) is 12.8. The van der Waals surface area contributed by atoms with Gasteiger partial charge in [0.25, 0.3) is 0 Å². The van der Waals surface area contributed by atoms with Gasteiger partial charge in [-0.25, -0.2) is 9.97 Å². The zero-order chi connectivity index (χ0) is 14.7. The Hall–Kier alpha value is -1.75. The van der Waals surface area contributed by atoms with Crippen molar-refractivity contribution in [3.05, 3.63) is 24.5 Å². The number of rotatable bonds is 4. The van der Waals surface area contributed by atoms with E-state index in [1.807, 2.05) is 12.1 Å². The molecule has 2 unspecified atom stereocenters. The summed E-state index contributed by atoms with van der Waals surface area (Å²) in [6, 6.07) is 4.32. The second-order valence-electron chi connectivity index (χ2n) is 6.15. The van der Waals surface area contributed by atoms with Crippen molar-refractivity contribution in [3.63, 3.8) is 0 Å². The standard InChI is InChI=1S/C16H23N5/c1-12-4-3-9-21(10-12)11-13(2)19-15-6-5-14-16(20-15)18-8-7-17-14/h5-8,12-13H,3-4,9-11H2,1-2H3,(H,18,19,20). The summed E-state index contributed by atoms with van der Waals surface area (Å²) in [7, 11) is 0. The molecule has 0 amide bonds. The first-order valence-electron chi connectivity index (χ1n) is 7.77. The Kier molecular flexibility index (Phi) is 4.29. The molecule has 1 aliphatic rings. The Morgan fingerprint density at radius 2 is 2.19 bits per heavy atom. The SMILES string of the molecule is CC1CCCN(CC(C)Nc2ccc3nccnc3n2)C1. The molecule has 1 aliphatic heterocycles. The van der Waals surface area contributed by atoms with E-state index in [9.17, 15) is 0 Å². The molecule has 0 aromatic carbocycles. The number of nitrogens with one attached hydrogen (secondary N) is 1. The van der Waals surface area contributed by atoms with Gasteiger partial charge in [-0.05, 0) is 44.4 Å². The van der Waals surface area contributed by atoms with Gasteiger partial charge in [-0.15, -0.1) is 0 Å². The van der Waals surface area contributed by atoms with E-state index in [-0.39, 0.29) is 0 Å². The highest BCUT2D eigenvalue weighted by molar-refractivity contribution is 5.71. The monoisotopic (exact) mass is 285 g/mol. The maximum Gasteiger partial charge on any atom is 0.180 e. The van der Waals surface area contributed by atoms with Gasteiger partial charge in [0.1, 0.15) is 11.3 Å².